The molecular weight excluding hydrogens is 202 g/mol. The predicted molar refractivity (Wildman–Crippen MR) is 61.0 cm³/mol. The summed E-state index contributed by atoms with van der Waals surface area (Å²) in [5.41, 5.74) is 1.01. The minimum absolute atomic E-state index is 0.307. The fourth-order valence-corrected chi connectivity index (χ4v) is 2.85. The summed E-state index contributed by atoms with van der Waals surface area (Å²) in [6.45, 7) is 2.11. The van der Waals surface area contributed by atoms with Crippen LogP contribution >= 0.6 is 0 Å². The number of rotatable bonds is 1. The van der Waals surface area contributed by atoms with Gasteiger partial charge in [0.2, 0.25) is 0 Å². The number of hydrogen-bond donors (Lipinski definition) is 2. The van der Waals surface area contributed by atoms with E-state index in [0.29, 0.717) is 6.04 Å². The first-order valence-corrected chi connectivity index (χ1v) is 6.33. The van der Waals surface area contributed by atoms with E-state index < -0.39 is 0 Å². The van der Waals surface area contributed by atoms with E-state index in [1.807, 2.05) is 6.20 Å². The molecule has 2 N–H and O–H groups in total. The Morgan fingerprint density at radius 2 is 2.25 bits per heavy atom. The van der Waals surface area contributed by atoms with Gasteiger partial charge in [0.15, 0.2) is 0 Å². The lowest BCUT2D eigenvalue weighted by molar-refractivity contribution is 0.137. The summed E-state index contributed by atoms with van der Waals surface area (Å²) in [6, 6.07) is 0.396. The normalized spacial score (nSPS) is 30.1. The number of piperidine rings is 1. The molecule has 88 valence electrons. The van der Waals surface area contributed by atoms with E-state index in [4.69, 9.17) is 0 Å². The molecule has 3 rings (SSSR count). The average Bonchev–Trinajstić information content (AvgIpc) is 2.75. The summed E-state index contributed by atoms with van der Waals surface area (Å²) in [5, 5.41) is 13.4. The van der Waals surface area contributed by atoms with Crippen molar-refractivity contribution in [3.63, 3.8) is 0 Å². The highest BCUT2D eigenvalue weighted by Crippen LogP contribution is 2.30. The third kappa shape index (κ3) is 1.66. The molecule has 2 atom stereocenters. The molecule has 0 aromatic carbocycles. The Morgan fingerprint density at radius 3 is 3.06 bits per heavy atom. The number of aliphatic hydroxyl groups excluding tert-OH is 1. The van der Waals surface area contributed by atoms with Crippen molar-refractivity contribution in [1.82, 2.24) is 14.9 Å². The van der Waals surface area contributed by atoms with Crippen LogP contribution in [0.15, 0.2) is 6.20 Å². The zero-order chi connectivity index (χ0) is 11.0. The van der Waals surface area contributed by atoms with Crippen LogP contribution in [0.5, 0.6) is 0 Å². The van der Waals surface area contributed by atoms with E-state index in [1.165, 1.54) is 19.3 Å². The van der Waals surface area contributed by atoms with E-state index >= 15 is 0 Å². The van der Waals surface area contributed by atoms with Crippen LogP contribution in [-0.2, 0) is 6.54 Å². The van der Waals surface area contributed by atoms with Crippen LogP contribution < -0.4 is 5.32 Å². The second kappa shape index (κ2) is 4.18. The van der Waals surface area contributed by atoms with E-state index in [2.05, 4.69) is 14.9 Å². The summed E-state index contributed by atoms with van der Waals surface area (Å²) in [7, 11) is 0. The first kappa shape index (κ1) is 10.3. The summed E-state index contributed by atoms with van der Waals surface area (Å²) in [6.07, 6.45) is 7.21. The van der Waals surface area contributed by atoms with Gasteiger partial charge < -0.3 is 15.0 Å². The van der Waals surface area contributed by atoms with Gasteiger partial charge in [-0.25, -0.2) is 4.98 Å². The topological polar surface area (TPSA) is 50.1 Å². The van der Waals surface area contributed by atoms with Crippen LogP contribution in [0.1, 0.15) is 55.8 Å². The maximum Gasteiger partial charge on any atom is 0.126 e. The number of fused-ring (bicyclic) bond motifs is 1. The van der Waals surface area contributed by atoms with Crippen molar-refractivity contribution in [2.24, 2.45) is 0 Å². The Kier molecular flexibility index (Phi) is 2.69. The Labute approximate surface area is 95.7 Å². The summed E-state index contributed by atoms with van der Waals surface area (Å²) in [4.78, 5) is 4.51. The van der Waals surface area contributed by atoms with Gasteiger partial charge in [0.25, 0.3) is 0 Å². The highest BCUT2D eigenvalue weighted by Gasteiger charge is 2.26. The van der Waals surface area contributed by atoms with Crippen molar-refractivity contribution in [3.05, 3.63) is 17.7 Å². The molecule has 1 fully saturated rings. The second-order valence-electron chi connectivity index (χ2n) is 4.85. The van der Waals surface area contributed by atoms with Crippen molar-refractivity contribution in [2.75, 3.05) is 6.54 Å². The highest BCUT2D eigenvalue weighted by atomic mass is 16.3. The predicted octanol–water partition coefficient (Wildman–Crippen LogP) is 1.52. The van der Waals surface area contributed by atoms with Crippen molar-refractivity contribution in [1.29, 1.82) is 0 Å². The van der Waals surface area contributed by atoms with Crippen LogP contribution in [0, 0.1) is 0 Å². The molecule has 4 nitrogen and oxygen atoms in total. The zero-order valence-electron chi connectivity index (χ0n) is 9.52. The van der Waals surface area contributed by atoms with Gasteiger partial charge in [0, 0.05) is 6.54 Å². The number of imidazole rings is 1. The minimum atomic E-state index is -0.307. The third-order valence-corrected chi connectivity index (χ3v) is 3.74. The molecule has 4 heteroatoms. The Bertz CT molecular complexity index is 368. The number of aliphatic hydroxyl groups is 1. The molecule has 2 unspecified atom stereocenters. The fourth-order valence-electron chi connectivity index (χ4n) is 2.85. The van der Waals surface area contributed by atoms with Crippen LogP contribution in [0.25, 0.3) is 0 Å². The average molecular weight is 221 g/mol. The lowest BCUT2D eigenvalue weighted by Gasteiger charge is -2.27. The molecule has 0 amide bonds. The molecule has 1 saturated heterocycles. The minimum Gasteiger partial charge on any atom is -0.387 e. The Balaban J connectivity index is 1.89. The van der Waals surface area contributed by atoms with Crippen LogP contribution in [0.4, 0.5) is 0 Å². The second-order valence-corrected chi connectivity index (χ2v) is 4.85. The van der Waals surface area contributed by atoms with Gasteiger partial charge in [-0.2, -0.15) is 0 Å². The Morgan fingerprint density at radius 1 is 1.31 bits per heavy atom. The molecule has 0 saturated carbocycles. The third-order valence-electron chi connectivity index (χ3n) is 3.74. The fraction of sp³-hybridized carbons (Fsp3) is 0.750. The van der Waals surface area contributed by atoms with Crippen molar-refractivity contribution >= 4 is 0 Å². The quantitative estimate of drug-likeness (QED) is 0.756. The summed E-state index contributed by atoms with van der Waals surface area (Å²) < 4.78 is 2.22. The van der Waals surface area contributed by atoms with Gasteiger partial charge in [-0.05, 0) is 32.2 Å². The molecule has 2 aliphatic rings. The van der Waals surface area contributed by atoms with E-state index in [1.54, 1.807) is 0 Å². The van der Waals surface area contributed by atoms with Gasteiger partial charge >= 0.3 is 0 Å². The first-order valence-electron chi connectivity index (χ1n) is 6.33. The van der Waals surface area contributed by atoms with Crippen LogP contribution in [0.2, 0.25) is 0 Å². The monoisotopic (exact) mass is 221 g/mol. The van der Waals surface area contributed by atoms with Crippen molar-refractivity contribution in [3.8, 4) is 0 Å². The van der Waals surface area contributed by atoms with Gasteiger partial charge in [0.1, 0.15) is 5.82 Å². The first-order chi connectivity index (χ1) is 7.86. The standard InChI is InChI=1S/C12H19N3O/c16-11-5-3-7-15-10(11)8-14-12(15)9-4-1-2-6-13-9/h8-9,11,13,16H,1-7H2. The Hall–Kier alpha value is -0.870. The smallest absolute Gasteiger partial charge is 0.126 e. The lowest BCUT2D eigenvalue weighted by Crippen LogP contribution is -2.30. The van der Waals surface area contributed by atoms with E-state index in [0.717, 1.165) is 37.4 Å². The van der Waals surface area contributed by atoms with Gasteiger partial charge in [0.05, 0.1) is 24.0 Å². The summed E-state index contributed by atoms with van der Waals surface area (Å²) >= 11 is 0. The number of nitrogens with one attached hydrogen (secondary N) is 1. The van der Waals surface area contributed by atoms with Crippen LogP contribution in [-0.4, -0.2) is 21.2 Å². The molecule has 2 aliphatic heterocycles. The molecule has 1 aromatic rings. The maximum atomic E-state index is 9.89. The van der Waals surface area contributed by atoms with Crippen molar-refractivity contribution < 1.29 is 5.11 Å². The van der Waals surface area contributed by atoms with Crippen molar-refractivity contribution in [2.45, 2.75) is 50.8 Å². The van der Waals surface area contributed by atoms with Gasteiger partial charge in [-0.3, -0.25) is 0 Å². The molecule has 1 aromatic heterocycles. The maximum absolute atomic E-state index is 9.89. The molecule has 3 heterocycles. The largest absolute Gasteiger partial charge is 0.387 e. The number of aromatic nitrogens is 2. The molecular formula is C12H19N3O. The highest BCUT2D eigenvalue weighted by molar-refractivity contribution is 5.13. The molecule has 16 heavy (non-hydrogen) atoms. The van der Waals surface area contributed by atoms with Crippen LogP contribution in [0.3, 0.4) is 0 Å². The van der Waals surface area contributed by atoms with E-state index in [-0.39, 0.29) is 6.10 Å². The van der Waals surface area contributed by atoms with E-state index in [9.17, 15) is 5.11 Å². The molecule has 0 radical (unpaired) electrons. The SMILES string of the molecule is OC1CCCn2c1cnc2C1CCCCN1. The van der Waals surface area contributed by atoms with Gasteiger partial charge in [-0.1, -0.05) is 6.42 Å². The number of hydrogen-bond acceptors (Lipinski definition) is 3. The van der Waals surface area contributed by atoms with Gasteiger partial charge in [-0.15, -0.1) is 0 Å². The molecule has 0 aliphatic carbocycles. The zero-order valence-corrected chi connectivity index (χ0v) is 9.52. The molecule has 0 spiro atoms. The number of nitrogens with zero attached hydrogens (tertiary/aromatic N) is 2. The lowest BCUT2D eigenvalue weighted by atomic mass is 10.0. The summed E-state index contributed by atoms with van der Waals surface area (Å²) in [5.74, 6) is 1.13. The molecule has 0 bridgehead atoms.